The molecule has 0 bridgehead atoms. The Hall–Kier alpha value is -0.620. The SMILES string of the molecule is C=COC(C)(C)[NH+]([O-])[NH+](C)[NH-]. The molecule has 0 rings (SSSR count). The van der Waals surface area contributed by atoms with Gasteiger partial charge in [0, 0.05) is 13.8 Å². The quantitative estimate of drug-likeness (QED) is 0.304. The van der Waals surface area contributed by atoms with Crippen molar-refractivity contribution < 1.29 is 15.0 Å². The van der Waals surface area contributed by atoms with E-state index in [1.165, 1.54) is 13.3 Å². The molecule has 3 N–H and O–H groups in total. The summed E-state index contributed by atoms with van der Waals surface area (Å²) >= 11 is 0. The molecule has 66 valence electrons. The Bertz CT molecular complexity index is 136. The highest BCUT2D eigenvalue weighted by Gasteiger charge is 2.28. The Kier molecular flexibility index (Phi) is 3.47. The fourth-order valence-electron chi connectivity index (χ4n) is 0.713. The lowest BCUT2D eigenvalue weighted by Crippen LogP contribution is -3.57. The average molecular weight is 161 g/mol. The fourth-order valence-corrected chi connectivity index (χ4v) is 0.713. The van der Waals surface area contributed by atoms with Crippen molar-refractivity contribution in [1.29, 1.82) is 0 Å². The number of ether oxygens (including phenoxy) is 1. The van der Waals surface area contributed by atoms with Crippen LogP contribution in [0.2, 0.25) is 0 Å². The summed E-state index contributed by atoms with van der Waals surface area (Å²) in [4.78, 5) is 0. The summed E-state index contributed by atoms with van der Waals surface area (Å²) in [7, 11) is 1.44. The predicted molar refractivity (Wildman–Crippen MR) is 40.9 cm³/mol. The van der Waals surface area contributed by atoms with E-state index in [1.54, 1.807) is 13.8 Å². The van der Waals surface area contributed by atoms with Crippen LogP contribution in [0, 0.1) is 5.21 Å². The topological polar surface area (TPSA) is 65.0 Å². The molecule has 0 aromatic rings. The summed E-state index contributed by atoms with van der Waals surface area (Å²) in [5.41, 5.74) is -0.951. The van der Waals surface area contributed by atoms with Gasteiger partial charge in [-0.05, 0) is 0 Å². The highest BCUT2D eigenvalue weighted by atomic mass is 16.6. The molecule has 0 aromatic carbocycles. The standard InChI is InChI=1S/C6H15N3O2/c1-5-11-6(2,3)9(10)8(4)7/h5,7-9H,1H2,2-4H3. The van der Waals surface area contributed by atoms with Gasteiger partial charge in [-0.2, -0.15) is 5.17 Å². The van der Waals surface area contributed by atoms with E-state index >= 15 is 0 Å². The molecule has 2 unspecified atom stereocenters. The Morgan fingerprint density at radius 1 is 1.64 bits per heavy atom. The lowest BCUT2D eigenvalue weighted by atomic mass is 10.3. The second-order valence-corrected chi connectivity index (χ2v) is 2.75. The minimum absolute atomic E-state index is 0.00292. The van der Waals surface area contributed by atoms with Crippen molar-refractivity contribution in [3.05, 3.63) is 23.9 Å². The second-order valence-electron chi connectivity index (χ2n) is 2.75. The summed E-state index contributed by atoms with van der Waals surface area (Å²) < 4.78 is 4.93. The zero-order chi connectivity index (χ0) is 9.07. The van der Waals surface area contributed by atoms with Crippen LogP contribution in [0.25, 0.3) is 5.84 Å². The fraction of sp³-hybridized carbons (Fsp3) is 0.667. The first kappa shape index (κ1) is 10.4. The van der Waals surface area contributed by atoms with Gasteiger partial charge in [-0.1, -0.05) is 6.58 Å². The molecule has 0 saturated heterocycles. The molecule has 5 heteroatoms. The zero-order valence-electron chi connectivity index (χ0n) is 7.10. The van der Waals surface area contributed by atoms with Gasteiger partial charge in [0.05, 0.1) is 6.26 Å². The Labute approximate surface area is 66.5 Å². The molecule has 11 heavy (non-hydrogen) atoms. The van der Waals surface area contributed by atoms with Gasteiger partial charge in [0.15, 0.2) is 0 Å². The molecule has 0 radical (unpaired) electrons. The lowest BCUT2D eigenvalue weighted by molar-refractivity contribution is -1.48. The van der Waals surface area contributed by atoms with Crippen LogP contribution in [-0.2, 0) is 4.74 Å². The van der Waals surface area contributed by atoms with Gasteiger partial charge in [-0.3, -0.25) is 0 Å². The van der Waals surface area contributed by atoms with Crippen molar-refractivity contribution >= 4 is 0 Å². The number of hydrogen-bond acceptors (Lipinski definition) is 2. The highest BCUT2D eigenvalue weighted by Crippen LogP contribution is 1.96. The molecular formula is C6H15N3O2. The van der Waals surface area contributed by atoms with Gasteiger partial charge in [-0.25, -0.2) is 5.12 Å². The normalized spacial score (nSPS) is 17.2. The highest BCUT2D eigenvalue weighted by molar-refractivity contribution is 4.57. The number of quaternary nitrogens is 2. The first-order valence-corrected chi connectivity index (χ1v) is 3.30. The van der Waals surface area contributed by atoms with E-state index < -0.39 is 5.72 Å². The summed E-state index contributed by atoms with van der Waals surface area (Å²) in [5, 5.41) is 10.8. The number of nitrogens with one attached hydrogen (secondary N) is 3. The number of rotatable bonds is 4. The predicted octanol–water partition coefficient (Wildman–Crippen LogP) is -1.34. The third-order valence-corrected chi connectivity index (χ3v) is 1.27. The zero-order valence-corrected chi connectivity index (χ0v) is 7.10. The minimum atomic E-state index is -0.951. The van der Waals surface area contributed by atoms with Crippen molar-refractivity contribution in [2.24, 2.45) is 0 Å². The van der Waals surface area contributed by atoms with Crippen LogP contribution in [-0.4, -0.2) is 12.8 Å². The first-order chi connectivity index (χ1) is 4.91. The maximum absolute atomic E-state index is 11.2. The van der Waals surface area contributed by atoms with Gasteiger partial charge >= 0.3 is 0 Å². The van der Waals surface area contributed by atoms with Crippen LogP contribution < -0.4 is 10.3 Å². The molecular weight excluding hydrogens is 146 g/mol. The van der Waals surface area contributed by atoms with E-state index in [9.17, 15) is 5.21 Å². The van der Waals surface area contributed by atoms with Gasteiger partial charge < -0.3 is 15.8 Å². The molecule has 2 atom stereocenters. The summed E-state index contributed by atoms with van der Waals surface area (Å²) in [6, 6.07) is 0. The molecule has 0 heterocycles. The summed E-state index contributed by atoms with van der Waals surface area (Å²) in [5.74, 6) is 7.07. The van der Waals surface area contributed by atoms with Crippen molar-refractivity contribution in [2.45, 2.75) is 19.6 Å². The van der Waals surface area contributed by atoms with Crippen molar-refractivity contribution in [3.8, 4) is 0 Å². The van der Waals surface area contributed by atoms with E-state index in [4.69, 9.17) is 10.6 Å². The van der Waals surface area contributed by atoms with Crippen LogP contribution >= 0.6 is 0 Å². The van der Waals surface area contributed by atoms with E-state index in [0.717, 1.165) is 0 Å². The van der Waals surface area contributed by atoms with Gasteiger partial charge in [0.1, 0.15) is 7.05 Å². The number of hydrogen-bond donors (Lipinski definition) is 2. The molecule has 0 aromatic heterocycles. The van der Waals surface area contributed by atoms with Crippen LogP contribution in [0.15, 0.2) is 12.8 Å². The van der Waals surface area contributed by atoms with E-state index in [0.29, 0.717) is 0 Å². The summed E-state index contributed by atoms with van der Waals surface area (Å²) in [6.45, 7) is 6.56. The first-order valence-electron chi connectivity index (χ1n) is 3.30. The average Bonchev–Trinajstić information content (AvgIpc) is 1.86. The molecule has 0 fully saturated rings. The maximum Gasteiger partial charge on any atom is 0.277 e. The van der Waals surface area contributed by atoms with E-state index in [1.807, 2.05) is 0 Å². The van der Waals surface area contributed by atoms with Crippen molar-refractivity contribution in [2.75, 3.05) is 7.05 Å². The molecule has 0 aliphatic carbocycles. The third-order valence-electron chi connectivity index (χ3n) is 1.27. The van der Waals surface area contributed by atoms with Crippen LogP contribution in [0.5, 0.6) is 0 Å². The van der Waals surface area contributed by atoms with Crippen LogP contribution in [0.4, 0.5) is 0 Å². The molecule has 0 aliphatic rings. The van der Waals surface area contributed by atoms with Crippen molar-refractivity contribution in [1.82, 2.24) is 0 Å². The van der Waals surface area contributed by atoms with Crippen LogP contribution in [0.3, 0.4) is 0 Å². The van der Waals surface area contributed by atoms with E-state index in [2.05, 4.69) is 6.58 Å². The minimum Gasteiger partial charge on any atom is -0.581 e. The van der Waals surface area contributed by atoms with Gasteiger partial charge in [0.2, 0.25) is 0 Å². The lowest BCUT2D eigenvalue weighted by Gasteiger charge is -2.39. The smallest absolute Gasteiger partial charge is 0.277 e. The molecule has 0 saturated carbocycles. The van der Waals surface area contributed by atoms with Gasteiger partial charge in [-0.15, -0.1) is 0 Å². The maximum atomic E-state index is 11.2. The molecule has 5 nitrogen and oxygen atoms in total. The van der Waals surface area contributed by atoms with Gasteiger partial charge in [0.25, 0.3) is 5.72 Å². The summed E-state index contributed by atoms with van der Waals surface area (Å²) in [6.07, 6.45) is 1.21. The Balaban J connectivity index is 4.15. The third kappa shape index (κ3) is 2.85. The monoisotopic (exact) mass is 161 g/mol. The molecule has 0 aliphatic heterocycles. The van der Waals surface area contributed by atoms with E-state index in [-0.39, 0.29) is 10.3 Å². The molecule has 0 spiro atoms. The Morgan fingerprint density at radius 3 is 2.36 bits per heavy atom. The second kappa shape index (κ2) is 3.68. The largest absolute Gasteiger partial charge is 0.581 e. The molecule has 0 amide bonds. The van der Waals surface area contributed by atoms with Crippen molar-refractivity contribution in [3.63, 3.8) is 0 Å². The van der Waals surface area contributed by atoms with Crippen LogP contribution in [0.1, 0.15) is 13.8 Å². The number of hydroxylamine groups is 1. The Morgan fingerprint density at radius 2 is 2.09 bits per heavy atom.